The lowest BCUT2D eigenvalue weighted by atomic mass is 9.97. The molecule has 6 nitrogen and oxygen atoms in total. The van der Waals surface area contributed by atoms with Gasteiger partial charge >= 0.3 is 0 Å². The predicted octanol–water partition coefficient (Wildman–Crippen LogP) is 1.99. The molecule has 0 aliphatic carbocycles. The monoisotopic (exact) mass is 367 g/mol. The van der Waals surface area contributed by atoms with E-state index in [0.29, 0.717) is 25.2 Å². The van der Waals surface area contributed by atoms with E-state index in [1.807, 2.05) is 30.3 Å². The van der Waals surface area contributed by atoms with Gasteiger partial charge in [-0.3, -0.25) is 9.59 Å². The van der Waals surface area contributed by atoms with Gasteiger partial charge in [0.15, 0.2) is 0 Å². The molecule has 0 saturated carbocycles. The molecule has 1 atom stereocenters. The Morgan fingerprint density at radius 3 is 2.67 bits per heavy atom. The lowest BCUT2D eigenvalue weighted by Crippen LogP contribution is -2.44. The number of nitrogens with one attached hydrogen (secondary N) is 1. The summed E-state index contributed by atoms with van der Waals surface area (Å²) in [5, 5.41) is 12.3. The highest BCUT2D eigenvalue weighted by molar-refractivity contribution is 5.95. The summed E-state index contributed by atoms with van der Waals surface area (Å²) in [6, 6.07) is 14.3. The lowest BCUT2D eigenvalue weighted by Gasteiger charge is -2.31. The Morgan fingerprint density at radius 1 is 1.15 bits per heavy atom. The third kappa shape index (κ3) is 5.08. The third-order valence-corrected chi connectivity index (χ3v) is 4.95. The molecular weight excluding hydrogens is 342 g/mol. The van der Waals surface area contributed by atoms with Crippen LogP contribution in [0.1, 0.15) is 23.2 Å². The van der Waals surface area contributed by atoms with Crippen molar-refractivity contribution >= 4 is 11.8 Å². The van der Waals surface area contributed by atoms with Crippen molar-refractivity contribution < 1.29 is 14.7 Å². The minimum Gasteiger partial charge on any atom is -0.508 e. The van der Waals surface area contributed by atoms with Crippen molar-refractivity contribution in [2.45, 2.75) is 12.8 Å². The number of amides is 2. The van der Waals surface area contributed by atoms with Gasteiger partial charge in [-0.05, 0) is 54.8 Å². The van der Waals surface area contributed by atoms with Crippen LogP contribution in [0.5, 0.6) is 5.75 Å². The lowest BCUT2D eigenvalue weighted by molar-refractivity contribution is -0.123. The Hall–Kier alpha value is -2.86. The summed E-state index contributed by atoms with van der Waals surface area (Å²) in [6.07, 6.45) is 1.80. The van der Waals surface area contributed by atoms with E-state index >= 15 is 0 Å². The summed E-state index contributed by atoms with van der Waals surface area (Å²) >= 11 is 0. The predicted molar refractivity (Wildman–Crippen MR) is 104 cm³/mol. The van der Waals surface area contributed by atoms with E-state index in [2.05, 4.69) is 10.2 Å². The van der Waals surface area contributed by atoms with Crippen LogP contribution in [-0.2, 0) is 4.79 Å². The number of phenols is 1. The number of primary amides is 1. The molecule has 1 aliphatic rings. The minimum absolute atomic E-state index is 0.0866. The first-order valence-corrected chi connectivity index (χ1v) is 9.22. The van der Waals surface area contributed by atoms with Crippen LogP contribution in [0.2, 0.25) is 0 Å². The number of benzene rings is 2. The molecule has 4 N–H and O–H groups in total. The topological polar surface area (TPSA) is 95.7 Å². The van der Waals surface area contributed by atoms with Crippen LogP contribution in [0.25, 0.3) is 11.1 Å². The van der Waals surface area contributed by atoms with E-state index in [1.54, 1.807) is 18.2 Å². The van der Waals surface area contributed by atoms with Crippen LogP contribution in [0.4, 0.5) is 0 Å². The first kappa shape index (κ1) is 18.9. The minimum atomic E-state index is -0.241. The first-order valence-electron chi connectivity index (χ1n) is 9.22. The molecule has 0 bridgehead atoms. The van der Waals surface area contributed by atoms with Crippen LogP contribution in [0.3, 0.4) is 0 Å². The number of aromatic hydroxyl groups is 1. The van der Waals surface area contributed by atoms with Gasteiger partial charge in [-0.25, -0.2) is 0 Å². The van der Waals surface area contributed by atoms with Crippen LogP contribution in [0, 0.1) is 5.92 Å². The molecule has 27 heavy (non-hydrogen) atoms. The van der Waals surface area contributed by atoms with Gasteiger partial charge in [0.05, 0.1) is 5.92 Å². The zero-order valence-electron chi connectivity index (χ0n) is 15.2. The first-order chi connectivity index (χ1) is 13.0. The zero-order valence-corrected chi connectivity index (χ0v) is 15.2. The van der Waals surface area contributed by atoms with Gasteiger partial charge in [-0.2, -0.15) is 0 Å². The quantitative estimate of drug-likeness (QED) is 0.727. The number of piperidine rings is 1. The number of hydrogen-bond acceptors (Lipinski definition) is 4. The summed E-state index contributed by atoms with van der Waals surface area (Å²) in [6.45, 7) is 2.82. The maximum atomic E-state index is 12.5. The average molecular weight is 367 g/mol. The molecule has 0 aromatic heterocycles. The van der Waals surface area contributed by atoms with Crippen molar-refractivity contribution in [2.24, 2.45) is 11.7 Å². The molecule has 0 spiro atoms. The van der Waals surface area contributed by atoms with Gasteiger partial charge < -0.3 is 21.1 Å². The Labute approximate surface area is 159 Å². The summed E-state index contributed by atoms with van der Waals surface area (Å²) in [4.78, 5) is 26.0. The van der Waals surface area contributed by atoms with Gasteiger partial charge in [-0.15, -0.1) is 0 Å². The molecule has 1 heterocycles. The molecule has 0 radical (unpaired) electrons. The molecule has 142 valence electrons. The largest absolute Gasteiger partial charge is 0.508 e. The molecule has 3 rings (SSSR count). The number of phenolic OH excluding ortho intramolecular Hbond substituents is 1. The zero-order chi connectivity index (χ0) is 19.2. The molecular formula is C21H25N3O3. The molecule has 1 fully saturated rings. The summed E-state index contributed by atoms with van der Waals surface area (Å²) < 4.78 is 0. The highest BCUT2D eigenvalue weighted by atomic mass is 16.3. The highest BCUT2D eigenvalue weighted by Gasteiger charge is 2.23. The van der Waals surface area contributed by atoms with E-state index in [4.69, 9.17) is 5.73 Å². The number of carbonyl (C=O) groups is 2. The Bertz CT molecular complexity index is 805. The third-order valence-electron chi connectivity index (χ3n) is 4.95. The van der Waals surface area contributed by atoms with Crippen LogP contribution in [-0.4, -0.2) is 48.0 Å². The molecule has 1 saturated heterocycles. The van der Waals surface area contributed by atoms with Gasteiger partial charge in [0, 0.05) is 25.2 Å². The number of likely N-dealkylation sites (tertiary alicyclic amines) is 1. The van der Waals surface area contributed by atoms with Crippen molar-refractivity contribution in [1.82, 2.24) is 10.2 Å². The van der Waals surface area contributed by atoms with Crippen molar-refractivity contribution in [3.8, 4) is 16.9 Å². The van der Waals surface area contributed by atoms with E-state index in [-0.39, 0.29) is 23.5 Å². The van der Waals surface area contributed by atoms with Crippen molar-refractivity contribution in [2.75, 3.05) is 26.2 Å². The number of carbonyl (C=O) groups excluding carboxylic acids is 2. The molecule has 2 aromatic rings. The fourth-order valence-corrected chi connectivity index (χ4v) is 3.41. The maximum absolute atomic E-state index is 12.5. The molecule has 1 aliphatic heterocycles. The van der Waals surface area contributed by atoms with Gasteiger partial charge in [-0.1, -0.05) is 24.3 Å². The summed E-state index contributed by atoms with van der Waals surface area (Å²) in [5.74, 6) is -0.241. The van der Waals surface area contributed by atoms with Gasteiger partial charge in [0.1, 0.15) is 5.75 Å². The van der Waals surface area contributed by atoms with Crippen molar-refractivity contribution in [3.05, 3.63) is 54.1 Å². The van der Waals surface area contributed by atoms with E-state index in [1.165, 1.54) is 0 Å². The fraction of sp³-hybridized carbons (Fsp3) is 0.333. The molecule has 2 amide bonds. The molecule has 6 heteroatoms. The van der Waals surface area contributed by atoms with Crippen molar-refractivity contribution in [3.63, 3.8) is 0 Å². The number of nitrogens with zero attached hydrogens (tertiary/aromatic N) is 1. The highest BCUT2D eigenvalue weighted by Crippen LogP contribution is 2.22. The normalized spacial score (nSPS) is 17.4. The Kier molecular flexibility index (Phi) is 6.08. The fourth-order valence-electron chi connectivity index (χ4n) is 3.41. The smallest absolute Gasteiger partial charge is 0.251 e. The Balaban J connectivity index is 1.54. The van der Waals surface area contributed by atoms with Crippen LogP contribution < -0.4 is 11.1 Å². The summed E-state index contributed by atoms with van der Waals surface area (Å²) in [5.41, 5.74) is 7.85. The van der Waals surface area contributed by atoms with Crippen molar-refractivity contribution in [1.29, 1.82) is 0 Å². The second-order valence-electron chi connectivity index (χ2n) is 6.93. The van der Waals surface area contributed by atoms with Gasteiger partial charge in [0.25, 0.3) is 5.91 Å². The second kappa shape index (κ2) is 8.68. The van der Waals surface area contributed by atoms with E-state index < -0.39 is 0 Å². The number of rotatable bonds is 6. The number of hydrogen-bond donors (Lipinski definition) is 3. The maximum Gasteiger partial charge on any atom is 0.251 e. The van der Waals surface area contributed by atoms with Crippen LogP contribution in [0.15, 0.2) is 48.5 Å². The van der Waals surface area contributed by atoms with E-state index in [9.17, 15) is 14.7 Å². The summed E-state index contributed by atoms with van der Waals surface area (Å²) in [7, 11) is 0. The van der Waals surface area contributed by atoms with E-state index in [0.717, 1.165) is 30.5 Å². The molecule has 2 aromatic carbocycles. The van der Waals surface area contributed by atoms with Gasteiger partial charge in [0.2, 0.25) is 5.91 Å². The number of nitrogens with two attached hydrogens (primary N) is 1. The van der Waals surface area contributed by atoms with Crippen LogP contribution >= 0.6 is 0 Å². The average Bonchev–Trinajstić information content (AvgIpc) is 2.69. The standard InChI is InChI=1S/C21H25N3O3/c22-20(26)18-5-2-11-24(14-18)12-10-23-21(27)17-4-1-3-16(13-17)15-6-8-19(25)9-7-15/h1,3-4,6-9,13,18,25H,2,5,10-12,14H2,(H2,22,26)(H,23,27)/t18-/m0/s1. The molecule has 0 unspecified atom stereocenters. The second-order valence-corrected chi connectivity index (χ2v) is 6.93. The Morgan fingerprint density at radius 2 is 1.93 bits per heavy atom. The SMILES string of the molecule is NC(=O)[C@H]1CCCN(CCNC(=O)c2cccc(-c3ccc(O)cc3)c2)C1.